The Morgan fingerprint density at radius 1 is 1.56 bits per heavy atom. The number of aromatic nitrogens is 1. The van der Waals surface area contributed by atoms with Crippen molar-refractivity contribution in [1.29, 1.82) is 5.41 Å². The first kappa shape index (κ1) is 15.1. The van der Waals surface area contributed by atoms with Crippen molar-refractivity contribution in [3.63, 3.8) is 0 Å². The number of hydrogen-bond acceptors (Lipinski definition) is 6. The highest BCUT2D eigenvalue weighted by Crippen LogP contribution is 2.21. The van der Waals surface area contributed by atoms with Crippen molar-refractivity contribution in [1.82, 2.24) is 4.98 Å². The predicted molar refractivity (Wildman–Crippen MR) is 71.6 cm³/mol. The molecule has 3 N–H and O–H groups in total. The molecule has 0 bridgehead atoms. The van der Waals surface area contributed by atoms with Crippen LogP contribution >= 0.6 is 11.3 Å². The van der Waals surface area contributed by atoms with E-state index in [0.29, 0.717) is 22.0 Å². The van der Waals surface area contributed by atoms with Crippen molar-refractivity contribution in [3.8, 4) is 0 Å². The largest absolute Gasteiger partial charge is 0.383 e. The van der Waals surface area contributed by atoms with Crippen LogP contribution in [-0.4, -0.2) is 32.1 Å². The van der Waals surface area contributed by atoms with Crippen LogP contribution in [0.15, 0.2) is 0 Å². The molecule has 1 aromatic rings. The van der Waals surface area contributed by atoms with E-state index in [1.54, 1.807) is 0 Å². The molecule has 0 atom stereocenters. The fourth-order valence-electron chi connectivity index (χ4n) is 1.48. The average Bonchev–Trinajstić information content (AvgIpc) is 2.60. The summed E-state index contributed by atoms with van der Waals surface area (Å²) >= 11 is 1.14. The van der Waals surface area contributed by atoms with Gasteiger partial charge < -0.3 is 10.5 Å². The molecule has 0 saturated carbocycles. The number of methoxy groups -OCH3 is 1. The summed E-state index contributed by atoms with van der Waals surface area (Å²) in [5.74, 6) is -0.0735. The molecule has 1 rings (SSSR count). The van der Waals surface area contributed by atoms with Crippen LogP contribution in [0.3, 0.4) is 0 Å². The van der Waals surface area contributed by atoms with Gasteiger partial charge >= 0.3 is 0 Å². The Kier molecular flexibility index (Phi) is 5.24. The van der Waals surface area contributed by atoms with E-state index >= 15 is 0 Å². The van der Waals surface area contributed by atoms with E-state index in [9.17, 15) is 8.42 Å². The average molecular weight is 291 g/mol. The first-order valence-corrected chi connectivity index (χ1v) is 8.05. The number of ether oxygens (including phenoxy) is 1. The van der Waals surface area contributed by atoms with Gasteiger partial charge in [0.05, 0.1) is 22.9 Å². The summed E-state index contributed by atoms with van der Waals surface area (Å²) < 4.78 is 28.3. The van der Waals surface area contributed by atoms with Crippen molar-refractivity contribution in [2.45, 2.75) is 25.7 Å². The smallest absolute Gasteiger partial charge is 0.156 e. The van der Waals surface area contributed by atoms with E-state index in [0.717, 1.165) is 11.3 Å². The van der Waals surface area contributed by atoms with Gasteiger partial charge in [-0.15, -0.1) is 11.3 Å². The summed E-state index contributed by atoms with van der Waals surface area (Å²) in [4.78, 5) is 4.67. The topological polar surface area (TPSA) is 106 Å². The highest BCUT2D eigenvalue weighted by Gasteiger charge is 2.18. The Bertz CT molecular complexity index is 522. The quantitative estimate of drug-likeness (QED) is 0.573. The molecule has 0 amide bonds. The molecule has 0 aliphatic carbocycles. The molecule has 0 spiro atoms. The molecular formula is C10H17N3O3S2. The number of rotatable bonds is 7. The van der Waals surface area contributed by atoms with Gasteiger partial charge in [0.1, 0.15) is 16.6 Å². The zero-order valence-corrected chi connectivity index (χ0v) is 12.0. The van der Waals surface area contributed by atoms with Gasteiger partial charge in [0.15, 0.2) is 9.84 Å². The Balaban J connectivity index is 2.98. The molecule has 102 valence electrons. The SMILES string of the molecule is CCCS(=O)(=O)Cc1nc(COC)c(C(=N)N)s1. The third-order valence-electron chi connectivity index (χ3n) is 2.13. The van der Waals surface area contributed by atoms with E-state index in [4.69, 9.17) is 15.9 Å². The second kappa shape index (κ2) is 6.26. The van der Waals surface area contributed by atoms with Crippen molar-refractivity contribution in [2.24, 2.45) is 5.73 Å². The number of sulfone groups is 1. The zero-order chi connectivity index (χ0) is 13.8. The van der Waals surface area contributed by atoms with Crippen LogP contribution in [-0.2, 0) is 26.9 Å². The number of thiazole rings is 1. The minimum atomic E-state index is -3.13. The molecule has 0 aliphatic rings. The molecule has 0 aliphatic heterocycles. The monoisotopic (exact) mass is 291 g/mol. The lowest BCUT2D eigenvalue weighted by Crippen LogP contribution is -2.11. The molecule has 0 saturated heterocycles. The first-order valence-electron chi connectivity index (χ1n) is 5.42. The molecule has 1 aromatic heterocycles. The number of amidine groups is 1. The highest BCUT2D eigenvalue weighted by molar-refractivity contribution is 7.90. The molecule has 0 aromatic carbocycles. The van der Waals surface area contributed by atoms with Gasteiger partial charge in [-0.1, -0.05) is 6.92 Å². The van der Waals surface area contributed by atoms with Gasteiger partial charge in [-0.2, -0.15) is 0 Å². The van der Waals surface area contributed by atoms with Crippen LogP contribution in [0, 0.1) is 5.41 Å². The Hall–Kier alpha value is -0.990. The maximum atomic E-state index is 11.7. The lowest BCUT2D eigenvalue weighted by molar-refractivity contribution is 0.182. The van der Waals surface area contributed by atoms with Crippen LogP contribution < -0.4 is 5.73 Å². The lowest BCUT2D eigenvalue weighted by atomic mass is 10.3. The van der Waals surface area contributed by atoms with Gasteiger partial charge in [0, 0.05) is 7.11 Å². The second-order valence-electron chi connectivity index (χ2n) is 3.82. The third kappa shape index (κ3) is 4.04. The van der Waals surface area contributed by atoms with Crippen LogP contribution in [0.5, 0.6) is 0 Å². The van der Waals surface area contributed by atoms with E-state index in [1.165, 1.54) is 7.11 Å². The fourth-order valence-corrected chi connectivity index (χ4v) is 4.18. The number of nitrogens with zero attached hydrogens (tertiary/aromatic N) is 1. The normalized spacial score (nSPS) is 11.7. The van der Waals surface area contributed by atoms with E-state index < -0.39 is 9.84 Å². The molecular weight excluding hydrogens is 274 g/mol. The molecule has 18 heavy (non-hydrogen) atoms. The van der Waals surface area contributed by atoms with Gasteiger partial charge in [0.2, 0.25) is 0 Å². The van der Waals surface area contributed by atoms with Crippen molar-refractivity contribution in [2.75, 3.05) is 12.9 Å². The Labute approximate surface area is 111 Å². The molecule has 0 radical (unpaired) electrons. The molecule has 1 heterocycles. The maximum absolute atomic E-state index is 11.7. The second-order valence-corrected chi connectivity index (χ2v) is 7.09. The molecule has 8 heteroatoms. The summed E-state index contributed by atoms with van der Waals surface area (Å²) in [6.07, 6.45) is 0.582. The van der Waals surface area contributed by atoms with E-state index in [1.807, 2.05) is 6.92 Å². The standard InChI is InChI=1S/C10H17N3O3S2/c1-3-4-18(14,15)6-8-13-7(5-16-2)9(17-8)10(11)12/h3-6H2,1-2H3,(H3,11,12). The zero-order valence-electron chi connectivity index (χ0n) is 10.4. The van der Waals surface area contributed by atoms with Gasteiger partial charge in [-0.05, 0) is 6.42 Å². The van der Waals surface area contributed by atoms with Crippen molar-refractivity contribution >= 4 is 27.0 Å². The van der Waals surface area contributed by atoms with Gasteiger partial charge in [0.25, 0.3) is 0 Å². The summed E-state index contributed by atoms with van der Waals surface area (Å²) in [7, 11) is -1.62. The summed E-state index contributed by atoms with van der Waals surface area (Å²) in [6.45, 7) is 2.04. The predicted octanol–water partition coefficient (Wildman–Crippen LogP) is 0.898. The summed E-state index contributed by atoms with van der Waals surface area (Å²) in [6, 6.07) is 0. The maximum Gasteiger partial charge on any atom is 0.156 e. The van der Waals surface area contributed by atoms with Crippen LogP contribution in [0.1, 0.15) is 28.9 Å². The van der Waals surface area contributed by atoms with Crippen molar-refractivity contribution < 1.29 is 13.2 Å². The minimum Gasteiger partial charge on any atom is -0.383 e. The number of hydrogen-bond donors (Lipinski definition) is 2. The molecule has 6 nitrogen and oxygen atoms in total. The number of nitrogens with one attached hydrogen (secondary N) is 1. The van der Waals surface area contributed by atoms with Crippen LogP contribution in [0.25, 0.3) is 0 Å². The Morgan fingerprint density at radius 3 is 2.72 bits per heavy atom. The van der Waals surface area contributed by atoms with Crippen molar-refractivity contribution in [3.05, 3.63) is 15.6 Å². The van der Waals surface area contributed by atoms with E-state index in [2.05, 4.69) is 4.98 Å². The third-order valence-corrected chi connectivity index (χ3v) is 5.18. The first-order chi connectivity index (χ1) is 8.39. The number of nitrogen functional groups attached to an aromatic ring is 1. The van der Waals surface area contributed by atoms with Gasteiger partial charge in [-0.3, -0.25) is 5.41 Å². The number of nitrogens with two attached hydrogens (primary N) is 1. The summed E-state index contributed by atoms with van der Waals surface area (Å²) in [5.41, 5.74) is 5.95. The Morgan fingerprint density at radius 2 is 2.22 bits per heavy atom. The van der Waals surface area contributed by atoms with E-state index in [-0.39, 0.29) is 23.9 Å². The molecule has 0 unspecified atom stereocenters. The summed E-state index contributed by atoms with van der Waals surface area (Å²) in [5, 5.41) is 7.88. The minimum absolute atomic E-state index is 0.102. The van der Waals surface area contributed by atoms with Gasteiger partial charge in [-0.25, -0.2) is 13.4 Å². The fraction of sp³-hybridized carbons (Fsp3) is 0.600. The lowest BCUT2D eigenvalue weighted by Gasteiger charge is -1.98. The molecule has 0 fully saturated rings. The van der Waals surface area contributed by atoms with Crippen LogP contribution in [0.2, 0.25) is 0 Å². The van der Waals surface area contributed by atoms with Crippen LogP contribution in [0.4, 0.5) is 0 Å². The highest BCUT2D eigenvalue weighted by atomic mass is 32.2.